The first-order valence-corrected chi connectivity index (χ1v) is 9.94. The molecule has 2 aromatic carbocycles. The van der Waals surface area contributed by atoms with E-state index in [4.69, 9.17) is 22.1 Å². The van der Waals surface area contributed by atoms with E-state index in [0.717, 1.165) is 15.7 Å². The van der Waals surface area contributed by atoms with Crippen molar-refractivity contribution in [1.82, 2.24) is 0 Å². The minimum atomic E-state index is -0.914. The fourth-order valence-corrected chi connectivity index (χ4v) is 3.95. The first-order chi connectivity index (χ1) is 12.9. The monoisotopic (exact) mass is 463 g/mol. The van der Waals surface area contributed by atoms with Gasteiger partial charge in [0.25, 0.3) is 5.91 Å². The molecule has 2 aromatic rings. The summed E-state index contributed by atoms with van der Waals surface area (Å²) >= 11 is 9.99. The number of halogens is 1. The van der Waals surface area contributed by atoms with E-state index in [2.05, 4.69) is 15.9 Å². The van der Waals surface area contributed by atoms with Gasteiger partial charge in [-0.2, -0.15) is 0 Å². The fraction of sp³-hybridized carbons (Fsp3) is 0.105. The molecule has 1 saturated heterocycles. The summed E-state index contributed by atoms with van der Waals surface area (Å²) in [4.78, 5) is 25.4. The molecule has 0 bridgehead atoms. The Morgan fingerprint density at radius 2 is 2.00 bits per heavy atom. The Morgan fingerprint density at radius 3 is 2.70 bits per heavy atom. The summed E-state index contributed by atoms with van der Waals surface area (Å²) in [5.41, 5.74) is 1.49. The van der Waals surface area contributed by atoms with Crippen molar-refractivity contribution in [2.24, 2.45) is 0 Å². The highest BCUT2D eigenvalue weighted by atomic mass is 79.9. The molecule has 0 unspecified atom stereocenters. The van der Waals surface area contributed by atoms with Crippen LogP contribution in [0.4, 0.5) is 5.69 Å². The summed E-state index contributed by atoms with van der Waals surface area (Å²) in [5, 5.41) is 8.67. The molecule has 138 valence electrons. The van der Waals surface area contributed by atoms with Crippen molar-refractivity contribution in [2.45, 2.75) is 6.42 Å². The van der Waals surface area contributed by atoms with Gasteiger partial charge in [-0.3, -0.25) is 14.5 Å². The minimum Gasteiger partial charge on any atom is -0.493 e. The zero-order chi connectivity index (χ0) is 19.4. The number of rotatable bonds is 6. The summed E-state index contributed by atoms with van der Waals surface area (Å²) in [6.45, 7) is 0.0878. The van der Waals surface area contributed by atoms with Crippen LogP contribution in [0.3, 0.4) is 0 Å². The van der Waals surface area contributed by atoms with Crippen LogP contribution >= 0.6 is 39.9 Å². The van der Waals surface area contributed by atoms with Gasteiger partial charge in [0.2, 0.25) is 0 Å². The van der Waals surface area contributed by atoms with Gasteiger partial charge in [0, 0.05) is 4.47 Å². The Bertz CT molecular complexity index is 928. The van der Waals surface area contributed by atoms with Crippen LogP contribution in [0.25, 0.3) is 6.08 Å². The zero-order valence-electron chi connectivity index (χ0n) is 13.9. The predicted octanol–water partition coefficient (Wildman–Crippen LogP) is 4.71. The number of carbonyl (C=O) groups excluding carboxylic acids is 1. The van der Waals surface area contributed by atoms with Crippen LogP contribution in [0.1, 0.15) is 12.0 Å². The molecule has 3 rings (SSSR count). The van der Waals surface area contributed by atoms with Crippen molar-refractivity contribution in [1.29, 1.82) is 0 Å². The topological polar surface area (TPSA) is 66.8 Å². The molecule has 0 saturated carbocycles. The van der Waals surface area contributed by atoms with Gasteiger partial charge in [0.05, 0.1) is 23.6 Å². The van der Waals surface area contributed by atoms with E-state index in [1.807, 2.05) is 30.3 Å². The number of carboxylic acids is 1. The van der Waals surface area contributed by atoms with Gasteiger partial charge < -0.3 is 9.84 Å². The van der Waals surface area contributed by atoms with E-state index in [-0.39, 0.29) is 18.9 Å². The van der Waals surface area contributed by atoms with Gasteiger partial charge in [-0.15, -0.1) is 0 Å². The number of anilines is 1. The number of carbonyl (C=O) groups is 2. The van der Waals surface area contributed by atoms with Crippen LogP contribution < -0.4 is 9.64 Å². The van der Waals surface area contributed by atoms with Crippen molar-refractivity contribution in [3.63, 3.8) is 0 Å². The molecule has 0 atom stereocenters. The zero-order valence-corrected chi connectivity index (χ0v) is 17.1. The summed E-state index contributed by atoms with van der Waals surface area (Å²) in [5.74, 6) is -0.541. The van der Waals surface area contributed by atoms with Gasteiger partial charge in [0.15, 0.2) is 4.32 Å². The minimum absolute atomic E-state index is 0.0733. The molecule has 0 radical (unpaired) electrons. The molecule has 0 aliphatic carbocycles. The third-order valence-electron chi connectivity index (χ3n) is 3.62. The summed E-state index contributed by atoms with van der Waals surface area (Å²) in [6.07, 6.45) is 1.68. The number of hydrogen-bond acceptors (Lipinski definition) is 5. The highest BCUT2D eigenvalue weighted by molar-refractivity contribution is 9.10. The molecule has 1 fully saturated rings. The molecule has 27 heavy (non-hydrogen) atoms. The lowest BCUT2D eigenvalue weighted by Gasteiger charge is -2.14. The average molecular weight is 464 g/mol. The van der Waals surface area contributed by atoms with E-state index in [1.54, 1.807) is 24.3 Å². The molecule has 1 N–H and O–H groups in total. The Balaban J connectivity index is 1.77. The highest BCUT2D eigenvalue weighted by Gasteiger charge is 2.33. The normalized spacial score (nSPS) is 15.4. The quantitative estimate of drug-likeness (QED) is 0.494. The van der Waals surface area contributed by atoms with Crippen molar-refractivity contribution >= 4 is 67.9 Å². The number of thioether (sulfide) groups is 1. The Morgan fingerprint density at radius 1 is 1.26 bits per heavy atom. The molecule has 0 aromatic heterocycles. The lowest BCUT2D eigenvalue weighted by atomic mass is 10.2. The second-order valence-electron chi connectivity index (χ2n) is 5.56. The molecule has 1 aliphatic heterocycles. The van der Waals surface area contributed by atoms with E-state index < -0.39 is 5.97 Å². The van der Waals surface area contributed by atoms with Gasteiger partial charge in [-0.25, -0.2) is 0 Å². The Labute approximate surface area is 174 Å². The summed E-state index contributed by atoms with van der Waals surface area (Å²) < 4.78 is 6.83. The predicted molar refractivity (Wildman–Crippen MR) is 114 cm³/mol. The van der Waals surface area contributed by atoms with Crippen LogP contribution in [0.5, 0.6) is 5.75 Å². The molecule has 1 aliphatic rings. The van der Waals surface area contributed by atoms with E-state index >= 15 is 0 Å². The highest BCUT2D eigenvalue weighted by Crippen LogP contribution is 2.36. The molecular weight excluding hydrogens is 450 g/mol. The molecule has 5 nitrogen and oxygen atoms in total. The van der Waals surface area contributed by atoms with Gasteiger partial charge in [0.1, 0.15) is 5.75 Å². The van der Waals surface area contributed by atoms with E-state index in [1.165, 1.54) is 16.7 Å². The maximum atomic E-state index is 12.8. The SMILES string of the molecule is O=C(O)CCOc1cccc(/C=C2/SC(=S)N(c3ccc(Br)cc3)C2=O)c1. The molecule has 8 heteroatoms. The van der Waals surface area contributed by atoms with Crippen LogP contribution in [0, 0.1) is 0 Å². The number of benzene rings is 2. The number of carboxylic acid groups (broad SMARTS) is 1. The molecule has 1 amide bonds. The molecular formula is C19H14BrNO4S2. The van der Waals surface area contributed by atoms with Crippen molar-refractivity contribution < 1.29 is 19.4 Å². The van der Waals surface area contributed by atoms with Crippen LogP contribution in [0.15, 0.2) is 57.9 Å². The fourth-order valence-electron chi connectivity index (χ4n) is 2.38. The maximum absolute atomic E-state index is 12.8. The smallest absolute Gasteiger partial charge is 0.306 e. The van der Waals surface area contributed by atoms with E-state index in [0.29, 0.717) is 15.0 Å². The number of aliphatic carboxylic acids is 1. The number of nitrogens with zero attached hydrogens (tertiary/aromatic N) is 1. The summed E-state index contributed by atoms with van der Waals surface area (Å²) in [7, 11) is 0. The van der Waals surface area contributed by atoms with Gasteiger partial charge >= 0.3 is 5.97 Å². The van der Waals surface area contributed by atoms with Crippen molar-refractivity contribution in [2.75, 3.05) is 11.5 Å². The number of amides is 1. The second-order valence-corrected chi connectivity index (χ2v) is 8.15. The third kappa shape index (κ3) is 4.97. The largest absolute Gasteiger partial charge is 0.493 e. The summed E-state index contributed by atoms with van der Waals surface area (Å²) in [6, 6.07) is 14.5. The number of hydrogen-bond donors (Lipinski definition) is 1. The molecule has 1 heterocycles. The standard InChI is InChI=1S/C19H14BrNO4S2/c20-13-4-6-14(7-5-13)21-18(24)16(27-19(21)26)11-12-2-1-3-15(10-12)25-9-8-17(22)23/h1-7,10-11H,8-9H2,(H,22,23)/b16-11+. The second kappa shape index (κ2) is 8.69. The first kappa shape index (κ1) is 19.6. The maximum Gasteiger partial charge on any atom is 0.306 e. The van der Waals surface area contributed by atoms with Crippen LogP contribution in [-0.4, -0.2) is 27.9 Å². The van der Waals surface area contributed by atoms with Gasteiger partial charge in [-0.05, 0) is 48.0 Å². The Hall–Kier alpha value is -2.16. The van der Waals surface area contributed by atoms with Crippen molar-refractivity contribution in [3.05, 3.63) is 63.5 Å². The van der Waals surface area contributed by atoms with Crippen molar-refractivity contribution in [3.8, 4) is 5.75 Å². The van der Waals surface area contributed by atoms with Crippen LogP contribution in [-0.2, 0) is 9.59 Å². The number of thiocarbonyl (C=S) groups is 1. The average Bonchev–Trinajstić information content (AvgIpc) is 2.89. The van der Waals surface area contributed by atoms with Gasteiger partial charge in [-0.1, -0.05) is 52.0 Å². The lowest BCUT2D eigenvalue weighted by Crippen LogP contribution is -2.27. The molecule has 0 spiro atoms. The van der Waals surface area contributed by atoms with Crippen LogP contribution in [0.2, 0.25) is 0 Å². The third-order valence-corrected chi connectivity index (χ3v) is 5.45. The lowest BCUT2D eigenvalue weighted by molar-refractivity contribution is -0.137. The Kier molecular flexibility index (Phi) is 6.30. The van der Waals surface area contributed by atoms with E-state index in [9.17, 15) is 9.59 Å². The number of ether oxygens (including phenoxy) is 1. The first-order valence-electron chi connectivity index (χ1n) is 7.92.